The second-order valence-electron chi connectivity index (χ2n) is 1.76. The largest absolute Gasteiger partial charge is 0.306 e. The third-order valence-electron chi connectivity index (χ3n) is 0.611. The monoisotopic (exact) mass is 153 g/mol. The van der Waals surface area contributed by atoms with E-state index < -0.39 is 0 Å². The van der Waals surface area contributed by atoms with Crippen LogP contribution in [0.25, 0.3) is 0 Å². The van der Waals surface area contributed by atoms with Crippen LogP contribution in [0.1, 0.15) is 0 Å². The van der Waals surface area contributed by atoms with Crippen LogP contribution in [0.15, 0.2) is 10.6 Å². The Bertz CT molecular complexity index is 84.4. The zero-order chi connectivity index (χ0) is 6.57. The Balaban J connectivity index is 3.29. The predicted octanol–water partition coefficient (Wildman–Crippen LogP) is 1.87. The molecule has 0 N–H and O–H groups in total. The maximum Gasteiger partial charge on any atom is 0.104 e. The Morgan fingerprint density at radius 1 is 1.50 bits per heavy atom. The molecule has 0 rings (SSSR count). The van der Waals surface area contributed by atoms with Gasteiger partial charge in [0.2, 0.25) is 0 Å². The molecule has 0 aromatic carbocycles. The molecule has 0 unspecified atom stereocenters. The fourth-order valence-electron chi connectivity index (χ4n) is 0.252. The molecule has 0 spiro atoms. The lowest BCUT2D eigenvalue weighted by Crippen LogP contribution is -2.10. The van der Waals surface area contributed by atoms with E-state index in [0.717, 1.165) is 6.54 Å². The van der Waals surface area contributed by atoms with Gasteiger partial charge in [0.15, 0.2) is 0 Å². The van der Waals surface area contributed by atoms with Crippen LogP contribution in [0.2, 0.25) is 0 Å². The van der Waals surface area contributed by atoms with Gasteiger partial charge in [-0.15, -0.1) is 0 Å². The average Bonchev–Trinajstić information content (AvgIpc) is 1.61. The summed E-state index contributed by atoms with van der Waals surface area (Å²) in [5, 5.41) is 0. The zero-order valence-electron chi connectivity index (χ0n) is 4.99. The first-order chi connectivity index (χ1) is 3.63. The molecular weight excluding hydrogens is 145 g/mol. The predicted molar refractivity (Wildman–Crippen MR) is 38.3 cm³/mol. The second-order valence-corrected chi connectivity index (χ2v) is 2.76. The van der Waals surface area contributed by atoms with Crippen LogP contribution >= 0.6 is 23.2 Å². The first-order valence-corrected chi connectivity index (χ1v) is 3.04. The summed E-state index contributed by atoms with van der Waals surface area (Å²) in [6, 6.07) is 0. The van der Waals surface area contributed by atoms with E-state index in [2.05, 4.69) is 0 Å². The fourth-order valence-corrected chi connectivity index (χ4v) is 0.390. The van der Waals surface area contributed by atoms with Crippen molar-refractivity contribution in [2.75, 3.05) is 20.6 Å². The maximum absolute atomic E-state index is 5.32. The minimum absolute atomic E-state index is 0.332. The number of rotatable bonds is 2. The van der Waals surface area contributed by atoms with Crippen molar-refractivity contribution in [2.24, 2.45) is 0 Å². The highest BCUT2D eigenvalue weighted by atomic mass is 35.5. The van der Waals surface area contributed by atoms with E-state index in [1.165, 1.54) is 0 Å². The second kappa shape index (κ2) is 4.19. The Morgan fingerprint density at radius 3 is 2.12 bits per heavy atom. The van der Waals surface area contributed by atoms with Gasteiger partial charge in [-0.05, 0) is 20.2 Å². The van der Waals surface area contributed by atoms with Gasteiger partial charge in [-0.1, -0.05) is 23.2 Å². The van der Waals surface area contributed by atoms with Gasteiger partial charge >= 0.3 is 0 Å². The topological polar surface area (TPSA) is 3.24 Å². The fraction of sp³-hybridized carbons (Fsp3) is 0.600. The van der Waals surface area contributed by atoms with Crippen molar-refractivity contribution in [3.63, 3.8) is 0 Å². The van der Waals surface area contributed by atoms with E-state index >= 15 is 0 Å². The summed E-state index contributed by atoms with van der Waals surface area (Å²) >= 11 is 10.6. The molecule has 1 nitrogen and oxygen atoms in total. The van der Waals surface area contributed by atoms with Crippen molar-refractivity contribution in [3.05, 3.63) is 10.6 Å². The standard InChI is InChI=1S/C5H9Cl2N/c1-8(2)4-3-5(6)7/h3H,4H2,1-2H3. The van der Waals surface area contributed by atoms with Crippen molar-refractivity contribution in [2.45, 2.75) is 0 Å². The lowest BCUT2D eigenvalue weighted by Gasteiger charge is -2.02. The number of halogens is 2. The number of nitrogens with zero attached hydrogens (tertiary/aromatic N) is 1. The molecule has 0 aromatic heterocycles. The van der Waals surface area contributed by atoms with Crippen LogP contribution in [0.3, 0.4) is 0 Å². The summed E-state index contributed by atoms with van der Waals surface area (Å²) in [6.07, 6.45) is 1.74. The molecule has 0 aliphatic heterocycles. The summed E-state index contributed by atoms with van der Waals surface area (Å²) in [5.41, 5.74) is 0. The highest BCUT2D eigenvalue weighted by Crippen LogP contribution is 2.04. The molecule has 0 fully saturated rings. The lowest BCUT2D eigenvalue weighted by atomic mass is 10.6. The van der Waals surface area contributed by atoms with Crippen LogP contribution < -0.4 is 0 Å². The minimum atomic E-state index is 0.332. The van der Waals surface area contributed by atoms with E-state index in [4.69, 9.17) is 23.2 Å². The first-order valence-electron chi connectivity index (χ1n) is 2.29. The minimum Gasteiger partial charge on any atom is -0.306 e. The summed E-state index contributed by atoms with van der Waals surface area (Å²) < 4.78 is 0.332. The molecule has 48 valence electrons. The number of hydrogen-bond donors (Lipinski definition) is 0. The lowest BCUT2D eigenvalue weighted by molar-refractivity contribution is 0.456. The smallest absolute Gasteiger partial charge is 0.104 e. The third kappa shape index (κ3) is 6.28. The molecule has 0 amide bonds. The Morgan fingerprint density at radius 2 is 2.00 bits per heavy atom. The number of likely N-dealkylation sites (N-methyl/N-ethyl adjacent to an activating group) is 1. The van der Waals surface area contributed by atoms with E-state index in [1.54, 1.807) is 6.08 Å². The van der Waals surface area contributed by atoms with Crippen molar-refractivity contribution < 1.29 is 0 Å². The van der Waals surface area contributed by atoms with Crippen molar-refractivity contribution in [1.29, 1.82) is 0 Å². The van der Waals surface area contributed by atoms with Crippen LogP contribution in [0.5, 0.6) is 0 Å². The maximum atomic E-state index is 5.32. The van der Waals surface area contributed by atoms with Gasteiger partial charge in [0, 0.05) is 6.54 Å². The molecule has 0 heterocycles. The van der Waals surface area contributed by atoms with Gasteiger partial charge in [-0.2, -0.15) is 0 Å². The first kappa shape index (κ1) is 8.28. The van der Waals surface area contributed by atoms with Crippen molar-refractivity contribution >= 4 is 23.2 Å². The highest BCUT2D eigenvalue weighted by Gasteiger charge is 1.84. The molecular formula is C5H9Cl2N. The molecule has 0 bridgehead atoms. The van der Waals surface area contributed by atoms with Gasteiger partial charge in [0.25, 0.3) is 0 Å². The molecule has 3 heteroatoms. The average molecular weight is 154 g/mol. The third-order valence-corrected chi connectivity index (χ3v) is 0.919. The van der Waals surface area contributed by atoms with Crippen molar-refractivity contribution in [1.82, 2.24) is 4.90 Å². The quantitative estimate of drug-likeness (QED) is 0.586. The summed E-state index contributed by atoms with van der Waals surface area (Å²) in [4.78, 5) is 1.98. The summed E-state index contributed by atoms with van der Waals surface area (Å²) in [7, 11) is 3.90. The van der Waals surface area contributed by atoms with Crippen molar-refractivity contribution in [3.8, 4) is 0 Å². The highest BCUT2D eigenvalue weighted by molar-refractivity contribution is 6.55. The zero-order valence-corrected chi connectivity index (χ0v) is 6.50. The van der Waals surface area contributed by atoms with E-state index in [-0.39, 0.29) is 0 Å². The van der Waals surface area contributed by atoms with E-state index in [1.807, 2.05) is 19.0 Å². The molecule has 0 aliphatic carbocycles. The Labute approximate surface area is 59.9 Å². The van der Waals surface area contributed by atoms with Crippen LogP contribution in [0.4, 0.5) is 0 Å². The molecule has 8 heavy (non-hydrogen) atoms. The van der Waals surface area contributed by atoms with Gasteiger partial charge in [0.05, 0.1) is 0 Å². The van der Waals surface area contributed by atoms with Gasteiger partial charge < -0.3 is 4.90 Å². The van der Waals surface area contributed by atoms with Crippen LogP contribution in [-0.4, -0.2) is 25.5 Å². The molecule has 0 saturated carbocycles. The number of hydrogen-bond acceptors (Lipinski definition) is 1. The molecule has 0 aromatic rings. The van der Waals surface area contributed by atoms with Crippen LogP contribution in [-0.2, 0) is 0 Å². The molecule has 0 radical (unpaired) electrons. The van der Waals surface area contributed by atoms with Gasteiger partial charge in [-0.25, -0.2) is 0 Å². The Hall–Kier alpha value is 0.280. The van der Waals surface area contributed by atoms with Crippen LogP contribution in [0, 0.1) is 0 Å². The van der Waals surface area contributed by atoms with E-state index in [0.29, 0.717) is 4.49 Å². The van der Waals surface area contributed by atoms with Gasteiger partial charge in [-0.3, -0.25) is 0 Å². The molecule has 0 aliphatic rings. The van der Waals surface area contributed by atoms with Gasteiger partial charge in [0.1, 0.15) is 4.49 Å². The normalized spacial score (nSPS) is 9.62. The Kier molecular flexibility index (Phi) is 4.33. The van der Waals surface area contributed by atoms with E-state index in [9.17, 15) is 0 Å². The SMILES string of the molecule is CN(C)CC=C(Cl)Cl. The summed E-state index contributed by atoms with van der Waals surface area (Å²) in [5.74, 6) is 0. The molecule has 0 atom stereocenters. The molecule has 0 saturated heterocycles. The summed E-state index contributed by atoms with van der Waals surface area (Å²) in [6.45, 7) is 0.794.